The molecule has 0 spiro atoms. The number of sulfonamides is 1. The van der Waals surface area contributed by atoms with Crippen LogP contribution >= 0.6 is 23.2 Å². The SMILES string of the molecule is Cc1ccccc1[C@H](NS(=O)(=O)c1cc(Cl)ccc1Cl)c1ccccc1. The van der Waals surface area contributed by atoms with Crippen molar-refractivity contribution in [2.75, 3.05) is 0 Å². The largest absolute Gasteiger partial charge is 0.242 e. The highest BCUT2D eigenvalue weighted by Crippen LogP contribution is 2.30. The topological polar surface area (TPSA) is 46.2 Å². The fraction of sp³-hybridized carbons (Fsp3) is 0.100. The summed E-state index contributed by atoms with van der Waals surface area (Å²) in [7, 11) is -3.89. The summed E-state index contributed by atoms with van der Waals surface area (Å²) in [5.41, 5.74) is 2.70. The molecule has 0 heterocycles. The highest BCUT2D eigenvalue weighted by atomic mass is 35.5. The van der Waals surface area contributed by atoms with Crippen LogP contribution in [0.2, 0.25) is 10.0 Å². The van der Waals surface area contributed by atoms with Crippen LogP contribution in [0.4, 0.5) is 0 Å². The van der Waals surface area contributed by atoms with Crippen LogP contribution in [-0.4, -0.2) is 8.42 Å². The lowest BCUT2D eigenvalue weighted by atomic mass is 9.96. The van der Waals surface area contributed by atoms with Crippen LogP contribution in [-0.2, 0) is 10.0 Å². The number of aryl methyl sites for hydroxylation is 1. The lowest BCUT2D eigenvalue weighted by Crippen LogP contribution is -2.30. The van der Waals surface area contributed by atoms with E-state index in [2.05, 4.69) is 4.72 Å². The first-order chi connectivity index (χ1) is 12.4. The van der Waals surface area contributed by atoms with Crippen molar-refractivity contribution in [1.29, 1.82) is 0 Å². The van der Waals surface area contributed by atoms with Gasteiger partial charge in [0.25, 0.3) is 0 Å². The second kappa shape index (κ2) is 7.80. The second-order valence-electron chi connectivity index (χ2n) is 5.90. The highest BCUT2D eigenvalue weighted by molar-refractivity contribution is 7.89. The van der Waals surface area contributed by atoms with Gasteiger partial charge in [0, 0.05) is 5.02 Å². The Morgan fingerprint density at radius 3 is 2.23 bits per heavy atom. The van der Waals surface area contributed by atoms with Crippen molar-refractivity contribution in [1.82, 2.24) is 4.72 Å². The Balaban J connectivity index is 2.09. The van der Waals surface area contributed by atoms with Crippen molar-refractivity contribution >= 4 is 33.2 Å². The van der Waals surface area contributed by atoms with E-state index in [1.165, 1.54) is 12.1 Å². The molecule has 0 radical (unpaired) electrons. The zero-order chi connectivity index (χ0) is 18.7. The lowest BCUT2D eigenvalue weighted by molar-refractivity contribution is 0.572. The minimum Gasteiger partial charge on any atom is -0.207 e. The van der Waals surface area contributed by atoms with Crippen LogP contribution in [0, 0.1) is 6.92 Å². The average molecular weight is 406 g/mol. The van der Waals surface area contributed by atoms with Gasteiger partial charge in [0.15, 0.2) is 0 Å². The number of halogens is 2. The van der Waals surface area contributed by atoms with Gasteiger partial charge in [-0.2, -0.15) is 4.72 Å². The number of benzene rings is 3. The van der Waals surface area contributed by atoms with Gasteiger partial charge < -0.3 is 0 Å². The molecule has 1 atom stereocenters. The van der Waals surface area contributed by atoms with Crippen molar-refractivity contribution in [2.45, 2.75) is 17.9 Å². The summed E-state index contributed by atoms with van der Waals surface area (Å²) < 4.78 is 28.8. The molecule has 0 aliphatic rings. The standard InChI is InChI=1S/C20H17Cl2NO2S/c1-14-7-5-6-10-17(14)20(15-8-3-2-4-9-15)23-26(24,25)19-13-16(21)11-12-18(19)22/h2-13,20,23H,1H3/t20-/m1/s1. The molecule has 26 heavy (non-hydrogen) atoms. The zero-order valence-electron chi connectivity index (χ0n) is 14.0. The molecule has 1 N–H and O–H groups in total. The third-order valence-electron chi connectivity index (χ3n) is 4.09. The third kappa shape index (κ3) is 4.10. The summed E-state index contributed by atoms with van der Waals surface area (Å²) in [4.78, 5) is -0.0406. The van der Waals surface area contributed by atoms with E-state index in [9.17, 15) is 8.42 Å². The van der Waals surface area contributed by atoms with Crippen molar-refractivity contribution in [2.24, 2.45) is 0 Å². The third-order valence-corrected chi connectivity index (χ3v) is 6.23. The highest BCUT2D eigenvalue weighted by Gasteiger charge is 2.25. The molecule has 3 aromatic rings. The van der Waals surface area contributed by atoms with Crippen LogP contribution in [0.25, 0.3) is 0 Å². The second-order valence-corrected chi connectivity index (χ2v) is 8.42. The first kappa shape index (κ1) is 18.9. The van der Waals surface area contributed by atoms with E-state index in [-0.39, 0.29) is 9.92 Å². The van der Waals surface area contributed by atoms with Gasteiger partial charge in [-0.25, -0.2) is 8.42 Å². The minimum absolute atomic E-state index is 0.0406. The molecule has 3 rings (SSSR count). The summed E-state index contributed by atoms with van der Waals surface area (Å²) in [5, 5.41) is 0.431. The van der Waals surface area contributed by atoms with Crippen LogP contribution in [0.15, 0.2) is 77.7 Å². The van der Waals surface area contributed by atoms with Gasteiger partial charge in [-0.05, 0) is 41.8 Å². The van der Waals surface area contributed by atoms with Gasteiger partial charge in [0.2, 0.25) is 10.0 Å². The average Bonchev–Trinajstić information content (AvgIpc) is 2.63. The Bertz CT molecular complexity index is 1020. The molecule has 0 amide bonds. The van der Waals surface area contributed by atoms with Gasteiger partial charge in [0.05, 0.1) is 11.1 Å². The molecule has 0 saturated carbocycles. The van der Waals surface area contributed by atoms with Crippen LogP contribution in [0.3, 0.4) is 0 Å². The molecule has 3 nitrogen and oxygen atoms in total. The molecule has 3 aromatic carbocycles. The van der Waals surface area contributed by atoms with E-state index in [4.69, 9.17) is 23.2 Å². The molecule has 0 aliphatic heterocycles. The molecular weight excluding hydrogens is 389 g/mol. The monoisotopic (exact) mass is 405 g/mol. The van der Waals surface area contributed by atoms with Gasteiger partial charge in [-0.15, -0.1) is 0 Å². The van der Waals surface area contributed by atoms with E-state index in [1.807, 2.05) is 61.5 Å². The minimum atomic E-state index is -3.89. The van der Waals surface area contributed by atoms with Crippen LogP contribution < -0.4 is 4.72 Å². The van der Waals surface area contributed by atoms with Crippen molar-refractivity contribution in [3.63, 3.8) is 0 Å². The molecule has 0 aromatic heterocycles. The summed E-state index contributed by atoms with van der Waals surface area (Å²) in [5.74, 6) is 0. The summed E-state index contributed by atoms with van der Waals surface area (Å²) in [6.07, 6.45) is 0. The van der Waals surface area contributed by atoms with Crippen LogP contribution in [0.5, 0.6) is 0 Å². The summed E-state index contributed by atoms with van der Waals surface area (Å²) in [6, 6.07) is 20.9. The molecule has 0 unspecified atom stereocenters. The predicted octanol–water partition coefficient (Wildman–Crippen LogP) is 5.37. The Labute approximate surface area is 163 Å². The van der Waals surface area contributed by atoms with Gasteiger partial charge in [-0.1, -0.05) is 77.8 Å². The van der Waals surface area contributed by atoms with Crippen molar-refractivity contribution < 1.29 is 8.42 Å². The van der Waals surface area contributed by atoms with E-state index in [0.29, 0.717) is 5.02 Å². The Morgan fingerprint density at radius 2 is 1.54 bits per heavy atom. The summed E-state index contributed by atoms with van der Waals surface area (Å²) in [6.45, 7) is 1.95. The van der Waals surface area contributed by atoms with Crippen molar-refractivity contribution in [3.8, 4) is 0 Å². The fourth-order valence-electron chi connectivity index (χ4n) is 2.77. The van der Waals surface area contributed by atoms with Crippen LogP contribution in [0.1, 0.15) is 22.7 Å². The van der Waals surface area contributed by atoms with Gasteiger partial charge in [0.1, 0.15) is 4.90 Å². The Morgan fingerprint density at radius 1 is 0.885 bits per heavy atom. The normalized spacial score (nSPS) is 12.7. The molecular formula is C20H17Cl2NO2S. The molecule has 134 valence electrons. The zero-order valence-corrected chi connectivity index (χ0v) is 16.3. The Kier molecular flexibility index (Phi) is 5.68. The maximum Gasteiger partial charge on any atom is 0.242 e. The first-order valence-corrected chi connectivity index (χ1v) is 10.2. The van der Waals surface area contributed by atoms with E-state index in [0.717, 1.165) is 16.7 Å². The quantitative estimate of drug-likeness (QED) is 0.619. The number of rotatable bonds is 5. The summed E-state index contributed by atoms with van der Waals surface area (Å²) >= 11 is 12.1. The lowest BCUT2D eigenvalue weighted by Gasteiger charge is -2.22. The number of hydrogen-bond donors (Lipinski definition) is 1. The maximum atomic E-state index is 13.0. The fourth-order valence-corrected chi connectivity index (χ4v) is 4.74. The van der Waals surface area contributed by atoms with Gasteiger partial charge in [-0.3, -0.25) is 0 Å². The number of hydrogen-bond acceptors (Lipinski definition) is 2. The van der Waals surface area contributed by atoms with E-state index >= 15 is 0 Å². The first-order valence-electron chi connectivity index (χ1n) is 7.96. The Hall–Kier alpha value is -1.85. The van der Waals surface area contributed by atoms with Gasteiger partial charge >= 0.3 is 0 Å². The maximum absolute atomic E-state index is 13.0. The molecule has 0 aliphatic carbocycles. The molecule has 0 saturated heterocycles. The van der Waals surface area contributed by atoms with Crippen molar-refractivity contribution in [3.05, 3.63) is 99.5 Å². The van der Waals surface area contributed by atoms with E-state index < -0.39 is 16.1 Å². The number of nitrogens with one attached hydrogen (secondary N) is 1. The van der Waals surface area contributed by atoms with E-state index in [1.54, 1.807) is 6.07 Å². The molecule has 0 fully saturated rings. The molecule has 6 heteroatoms. The molecule has 0 bridgehead atoms. The predicted molar refractivity (Wildman–Crippen MR) is 106 cm³/mol. The smallest absolute Gasteiger partial charge is 0.207 e.